The van der Waals surface area contributed by atoms with Gasteiger partial charge in [-0.1, -0.05) is 0 Å². The molecule has 3 heterocycles. The molecule has 7 nitrogen and oxygen atoms in total. The van der Waals surface area contributed by atoms with Crippen molar-refractivity contribution in [1.82, 2.24) is 15.3 Å². The molecule has 0 spiro atoms. The molecule has 0 bridgehead atoms. The van der Waals surface area contributed by atoms with Crippen LogP contribution in [0.2, 0.25) is 0 Å². The molecule has 5 rings (SSSR count). The number of hydrogen-bond donors (Lipinski definition) is 3. The van der Waals surface area contributed by atoms with Crippen LogP contribution in [-0.4, -0.2) is 40.8 Å². The summed E-state index contributed by atoms with van der Waals surface area (Å²) in [6.07, 6.45) is 7.18. The molecule has 1 fully saturated rings. The topological polar surface area (TPSA) is 102 Å². The van der Waals surface area contributed by atoms with Gasteiger partial charge in [-0.05, 0) is 80.0 Å². The van der Waals surface area contributed by atoms with E-state index >= 15 is 0 Å². The summed E-state index contributed by atoms with van der Waals surface area (Å²) in [7, 11) is 1.69. The molecule has 8 heteroatoms. The number of aromatic nitrogens is 2. The monoisotopic (exact) mass is 477 g/mol. The average molecular weight is 478 g/mol. The van der Waals surface area contributed by atoms with Gasteiger partial charge in [-0.2, -0.15) is 0 Å². The minimum Gasteiger partial charge on any atom is -0.497 e. The maximum Gasteiger partial charge on any atom is 0.235 e. The van der Waals surface area contributed by atoms with Crippen molar-refractivity contribution in [2.24, 2.45) is 11.7 Å². The van der Waals surface area contributed by atoms with Crippen LogP contribution in [0.15, 0.2) is 47.5 Å². The number of fused-ring (bicyclic) bond motifs is 2. The smallest absolute Gasteiger partial charge is 0.235 e. The number of nitrogens with zero attached hydrogens (tertiary/aromatic N) is 2. The van der Waals surface area contributed by atoms with E-state index in [9.17, 15) is 4.79 Å². The molecule has 3 aromatic rings. The highest BCUT2D eigenvalue weighted by Gasteiger charge is 2.26. The highest BCUT2D eigenvalue weighted by atomic mass is 32.2. The predicted octanol–water partition coefficient (Wildman–Crippen LogP) is 3.90. The van der Waals surface area contributed by atoms with Gasteiger partial charge >= 0.3 is 0 Å². The van der Waals surface area contributed by atoms with E-state index in [0.717, 1.165) is 59.3 Å². The average Bonchev–Trinajstić information content (AvgIpc) is 2.87. The van der Waals surface area contributed by atoms with E-state index in [4.69, 9.17) is 10.5 Å². The molecule has 0 saturated heterocycles. The van der Waals surface area contributed by atoms with Crippen LogP contribution in [0.25, 0.3) is 10.9 Å². The molecule has 1 aliphatic heterocycles. The SMILES string of the molecule is COc1ccc2nccc(CC(N)[C@H]3CC[C@H](NCc4ccc5c(n4)NC(=O)CS5)CC3)c2c1. The first-order chi connectivity index (χ1) is 16.6. The first kappa shape index (κ1) is 23.1. The number of hydrogen-bond acceptors (Lipinski definition) is 7. The molecule has 1 aromatic carbocycles. The minimum absolute atomic E-state index is 0.0173. The molecular weight excluding hydrogens is 446 g/mol. The Hall–Kier alpha value is -2.68. The third-order valence-electron chi connectivity index (χ3n) is 6.98. The Kier molecular flexibility index (Phi) is 6.99. The van der Waals surface area contributed by atoms with Crippen molar-refractivity contribution in [3.05, 3.63) is 53.9 Å². The number of thioether (sulfide) groups is 1. The van der Waals surface area contributed by atoms with Crippen molar-refractivity contribution >= 4 is 34.4 Å². The summed E-state index contributed by atoms with van der Waals surface area (Å²) in [5, 5.41) is 7.65. The van der Waals surface area contributed by atoms with Crippen LogP contribution >= 0.6 is 11.8 Å². The van der Waals surface area contributed by atoms with E-state index in [1.54, 1.807) is 18.9 Å². The number of methoxy groups -OCH3 is 1. The maximum atomic E-state index is 11.6. The number of nitrogens with two attached hydrogens (primary N) is 1. The quantitative estimate of drug-likeness (QED) is 0.474. The number of carbonyl (C=O) groups excluding carboxylic acids is 1. The fourth-order valence-electron chi connectivity index (χ4n) is 5.01. The van der Waals surface area contributed by atoms with Gasteiger partial charge in [0.2, 0.25) is 5.91 Å². The second-order valence-corrected chi connectivity index (χ2v) is 10.2. The predicted molar refractivity (Wildman–Crippen MR) is 136 cm³/mol. The van der Waals surface area contributed by atoms with Gasteiger partial charge in [-0.15, -0.1) is 11.8 Å². The van der Waals surface area contributed by atoms with Crippen LogP contribution in [-0.2, 0) is 17.8 Å². The molecule has 2 aromatic heterocycles. The summed E-state index contributed by atoms with van der Waals surface area (Å²) in [6.45, 7) is 0.708. The second-order valence-electron chi connectivity index (χ2n) is 9.20. The van der Waals surface area contributed by atoms with E-state index in [2.05, 4.69) is 38.8 Å². The Bertz CT molecular complexity index is 1180. The van der Waals surface area contributed by atoms with Crippen LogP contribution in [0.3, 0.4) is 0 Å². The number of carbonyl (C=O) groups is 1. The summed E-state index contributed by atoms with van der Waals surface area (Å²) in [4.78, 5) is 21.8. The summed E-state index contributed by atoms with van der Waals surface area (Å²) < 4.78 is 5.41. The van der Waals surface area contributed by atoms with Gasteiger partial charge in [-0.25, -0.2) is 4.98 Å². The van der Waals surface area contributed by atoms with Gasteiger partial charge in [0, 0.05) is 30.2 Å². The normalized spacial score (nSPS) is 21.1. The van der Waals surface area contributed by atoms with Gasteiger partial charge in [0.25, 0.3) is 0 Å². The van der Waals surface area contributed by atoms with Gasteiger partial charge in [0.05, 0.1) is 29.0 Å². The van der Waals surface area contributed by atoms with Gasteiger partial charge in [-0.3, -0.25) is 9.78 Å². The van der Waals surface area contributed by atoms with Gasteiger partial charge in [0.1, 0.15) is 11.6 Å². The minimum atomic E-state index is 0.0173. The number of rotatable bonds is 7. The summed E-state index contributed by atoms with van der Waals surface area (Å²) in [6, 6.07) is 12.8. The van der Waals surface area contributed by atoms with E-state index < -0.39 is 0 Å². The highest BCUT2D eigenvalue weighted by Crippen LogP contribution is 2.31. The van der Waals surface area contributed by atoms with Crippen molar-refractivity contribution in [3.63, 3.8) is 0 Å². The molecule has 1 saturated carbocycles. The molecule has 4 N–H and O–H groups in total. The van der Waals surface area contributed by atoms with Crippen LogP contribution < -0.4 is 21.1 Å². The summed E-state index contributed by atoms with van der Waals surface area (Å²) in [5.74, 6) is 2.53. The number of pyridine rings is 2. The molecular formula is C26H31N5O2S. The Morgan fingerprint density at radius 1 is 1.21 bits per heavy atom. The summed E-state index contributed by atoms with van der Waals surface area (Å²) >= 11 is 1.54. The number of ether oxygens (including phenoxy) is 1. The Labute approximate surface area is 204 Å². The fourth-order valence-corrected chi connectivity index (χ4v) is 5.77. The largest absolute Gasteiger partial charge is 0.497 e. The van der Waals surface area contributed by atoms with Crippen molar-refractivity contribution in [2.75, 3.05) is 18.2 Å². The van der Waals surface area contributed by atoms with E-state index in [1.807, 2.05) is 24.4 Å². The van der Waals surface area contributed by atoms with Crippen LogP contribution in [0.5, 0.6) is 5.75 Å². The number of anilines is 1. The Balaban J connectivity index is 1.14. The van der Waals surface area contributed by atoms with Crippen LogP contribution in [0.4, 0.5) is 5.82 Å². The summed E-state index contributed by atoms with van der Waals surface area (Å²) in [5.41, 5.74) is 9.88. The Morgan fingerprint density at radius 3 is 2.88 bits per heavy atom. The van der Waals surface area contributed by atoms with E-state index in [0.29, 0.717) is 30.1 Å². The lowest BCUT2D eigenvalue weighted by molar-refractivity contribution is -0.113. The second kappa shape index (κ2) is 10.3. The standard InChI is InChI=1S/C26H31N5O2S/c1-33-20-7-8-23-21(13-20)17(10-11-28-23)12-22(27)16-2-4-18(5-3-16)29-14-19-6-9-24-26(30-19)31-25(32)15-34-24/h6-11,13,16,18,22,29H,2-5,12,14-15,27H2,1H3,(H,30,31,32)/t16-,18-,22?. The lowest BCUT2D eigenvalue weighted by Crippen LogP contribution is -2.39. The van der Waals surface area contributed by atoms with Crippen LogP contribution in [0.1, 0.15) is 36.9 Å². The first-order valence-corrected chi connectivity index (χ1v) is 12.9. The molecule has 178 valence electrons. The molecule has 1 unspecified atom stereocenters. The van der Waals surface area contributed by atoms with Crippen molar-refractivity contribution in [3.8, 4) is 5.75 Å². The van der Waals surface area contributed by atoms with Crippen molar-refractivity contribution in [1.29, 1.82) is 0 Å². The lowest BCUT2D eigenvalue weighted by Gasteiger charge is -2.33. The van der Waals surface area contributed by atoms with E-state index in [-0.39, 0.29) is 11.9 Å². The molecule has 0 radical (unpaired) electrons. The van der Waals surface area contributed by atoms with Gasteiger partial charge < -0.3 is 21.1 Å². The maximum absolute atomic E-state index is 11.6. The lowest BCUT2D eigenvalue weighted by atomic mass is 9.79. The molecule has 2 aliphatic rings. The molecule has 1 amide bonds. The van der Waals surface area contributed by atoms with Crippen LogP contribution in [0, 0.1) is 5.92 Å². The van der Waals surface area contributed by atoms with Crippen molar-refractivity contribution in [2.45, 2.75) is 55.6 Å². The zero-order chi connectivity index (χ0) is 23.5. The zero-order valence-electron chi connectivity index (χ0n) is 19.4. The highest BCUT2D eigenvalue weighted by molar-refractivity contribution is 8.00. The molecule has 1 atom stereocenters. The van der Waals surface area contributed by atoms with E-state index in [1.165, 1.54) is 5.56 Å². The fraction of sp³-hybridized carbons (Fsp3) is 0.423. The van der Waals surface area contributed by atoms with Gasteiger partial charge in [0.15, 0.2) is 0 Å². The van der Waals surface area contributed by atoms with Crippen molar-refractivity contribution < 1.29 is 9.53 Å². The third kappa shape index (κ3) is 5.19. The Morgan fingerprint density at radius 2 is 2.06 bits per heavy atom. The number of benzene rings is 1. The molecule has 34 heavy (non-hydrogen) atoms. The first-order valence-electron chi connectivity index (χ1n) is 11.9. The third-order valence-corrected chi connectivity index (χ3v) is 8.02. The number of amides is 1. The molecule has 1 aliphatic carbocycles. The number of nitrogens with one attached hydrogen (secondary N) is 2. The zero-order valence-corrected chi connectivity index (χ0v) is 20.2.